The van der Waals surface area contributed by atoms with E-state index in [-0.39, 0.29) is 24.4 Å². The second kappa shape index (κ2) is 7.44. The van der Waals surface area contributed by atoms with Crippen molar-refractivity contribution < 1.29 is 18.8 Å². The molecule has 1 aliphatic heterocycles. The molecule has 0 radical (unpaired) electrons. The van der Waals surface area contributed by atoms with Crippen molar-refractivity contribution in [1.82, 2.24) is 10.6 Å². The first-order valence-electron chi connectivity index (χ1n) is 8.29. The number of hydrogen-bond donors (Lipinski definition) is 2. The number of nitrogens with one attached hydrogen (secondary N) is 2. The lowest BCUT2D eigenvalue weighted by Gasteiger charge is -2.32. The molecule has 1 aromatic rings. The summed E-state index contributed by atoms with van der Waals surface area (Å²) < 4.78 is 17.7. The minimum absolute atomic E-state index is 0.179. The van der Waals surface area contributed by atoms with Gasteiger partial charge in [0.1, 0.15) is 5.75 Å². The Labute approximate surface area is 144 Å². The molecule has 1 aliphatic rings. The van der Waals surface area contributed by atoms with Crippen molar-refractivity contribution in [2.75, 3.05) is 20.2 Å². The molecule has 0 atom stereocenters. The van der Waals surface area contributed by atoms with Gasteiger partial charge in [0.25, 0.3) is 0 Å². The van der Waals surface area contributed by atoms with Crippen LogP contribution in [0.15, 0.2) is 24.3 Å². The van der Waals surface area contributed by atoms with Gasteiger partial charge in [0, 0.05) is 13.6 Å². The van der Waals surface area contributed by atoms with Crippen LogP contribution in [-0.4, -0.2) is 44.6 Å². The van der Waals surface area contributed by atoms with Gasteiger partial charge in [0.15, 0.2) is 0 Å². The molecule has 1 heterocycles. The van der Waals surface area contributed by atoms with E-state index in [0.717, 1.165) is 17.6 Å². The average Bonchev–Trinajstić information content (AvgIpc) is 2.75. The molecule has 2 N–H and O–H groups in total. The van der Waals surface area contributed by atoms with Gasteiger partial charge in [0.2, 0.25) is 0 Å². The highest BCUT2D eigenvalue weighted by atomic mass is 16.7. The van der Waals surface area contributed by atoms with Crippen LogP contribution in [0.2, 0.25) is 0 Å². The third-order valence-electron chi connectivity index (χ3n) is 4.51. The summed E-state index contributed by atoms with van der Waals surface area (Å²) in [5.41, 5.74) is 0.289. The van der Waals surface area contributed by atoms with E-state index in [1.807, 2.05) is 52.0 Å². The Morgan fingerprint density at radius 3 is 2.25 bits per heavy atom. The molecule has 1 aromatic carbocycles. The van der Waals surface area contributed by atoms with Gasteiger partial charge in [-0.25, -0.2) is 4.79 Å². The van der Waals surface area contributed by atoms with Crippen molar-refractivity contribution in [2.45, 2.75) is 45.3 Å². The number of benzene rings is 1. The normalized spacial score (nSPS) is 18.3. The monoisotopic (exact) mass is 334 g/mol. The van der Waals surface area contributed by atoms with E-state index in [9.17, 15) is 4.79 Å². The average molecular weight is 334 g/mol. The van der Waals surface area contributed by atoms with E-state index in [0.29, 0.717) is 13.2 Å². The molecule has 0 aromatic heterocycles. The Balaban J connectivity index is 1.80. The number of rotatable bonds is 6. The highest BCUT2D eigenvalue weighted by Gasteiger charge is 2.51. The number of carbonyl (C=O) groups is 1. The molecule has 0 spiro atoms. The number of hydrogen-bond acceptors (Lipinski definition) is 4. The van der Waals surface area contributed by atoms with Gasteiger partial charge >= 0.3 is 13.1 Å². The van der Waals surface area contributed by atoms with Crippen LogP contribution in [0, 0.1) is 0 Å². The second-order valence-electron chi connectivity index (χ2n) is 6.87. The maximum absolute atomic E-state index is 11.0. The molecule has 0 bridgehead atoms. The lowest BCUT2D eigenvalue weighted by atomic mass is 9.79. The molecule has 0 unspecified atom stereocenters. The standard InChI is InChI=1S/C17H27BN2O4/c1-16(2)17(3,4)24-18(23-16)13-7-9-14(10-8-13)22-12-6-11-20-15(21)19-5/h7-10H,6,11-12H2,1-5H3,(H2,19,20,21). The summed E-state index contributed by atoms with van der Waals surface area (Å²) >= 11 is 0. The second-order valence-corrected chi connectivity index (χ2v) is 6.87. The fourth-order valence-electron chi connectivity index (χ4n) is 2.25. The summed E-state index contributed by atoms with van der Waals surface area (Å²) in [5.74, 6) is 0.787. The van der Waals surface area contributed by atoms with Gasteiger partial charge in [-0.2, -0.15) is 0 Å². The van der Waals surface area contributed by atoms with Crippen molar-refractivity contribution in [3.8, 4) is 5.75 Å². The Hall–Kier alpha value is -1.73. The Morgan fingerprint density at radius 1 is 1.12 bits per heavy atom. The molecule has 24 heavy (non-hydrogen) atoms. The molecule has 6 nitrogen and oxygen atoms in total. The fourth-order valence-corrected chi connectivity index (χ4v) is 2.25. The molecular weight excluding hydrogens is 307 g/mol. The number of amides is 2. The third kappa shape index (κ3) is 4.42. The number of ether oxygens (including phenoxy) is 1. The number of carbonyl (C=O) groups excluding carboxylic acids is 1. The molecule has 1 saturated heterocycles. The third-order valence-corrected chi connectivity index (χ3v) is 4.51. The Kier molecular flexibility index (Phi) is 5.77. The lowest BCUT2D eigenvalue weighted by Crippen LogP contribution is -2.41. The molecule has 7 heteroatoms. The van der Waals surface area contributed by atoms with E-state index in [1.165, 1.54) is 0 Å². The maximum atomic E-state index is 11.0. The van der Waals surface area contributed by atoms with Crippen LogP contribution in [0.3, 0.4) is 0 Å². The van der Waals surface area contributed by atoms with Gasteiger partial charge in [-0.05, 0) is 51.7 Å². The molecule has 2 amide bonds. The van der Waals surface area contributed by atoms with Crippen molar-refractivity contribution in [3.05, 3.63) is 24.3 Å². The van der Waals surface area contributed by atoms with E-state index < -0.39 is 0 Å². The summed E-state index contributed by atoms with van der Waals surface area (Å²) in [6.45, 7) is 9.27. The van der Waals surface area contributed by atoms with Crippen LogP contribution in [0.4, 0.5) is 4.79 Å². The van der Waals surface area contributed by atoms with Crippen molar-refractivity contribution >= 4 is 18.6 Å². The summed E-state index contributed by atoms with van der Waals surface area (Å²) in [5, 5.41) is 5.22. The minimum atomic E-state index is -0.360. The van der Waals surface area contributed by atoms with Crippen LogP contribution >= 0.6 is 0 Å². The van der Waals surface area contributed by atoms with Crippen molar-refractivity contribution in [2.24, 2.45) is 0 Å². The summed E-state index contributed by atoms with van der Waals surface area (Å²) in [6.07, 6.45) is 0.742. The first-order valence-corrected chi connectivity index (χ1v) is 8.29. The minimum Gasteiger partial charge on any atom is -0.494 e. The summed E-state index contributed by atoms with van der Waals surface area (Å²) in [6, 6.07) is 7.56. The largest absolute Gasteiger partial charge is 0.494 e. The van der Waals surface area contributed by atoms with E-state index in [1.54, 1.807) is 7.05 Å². The van der Waals surface area contributed by atoms with Gasteiger partial charge in [-0.1, -0.05) is 12.1 Å². The molecule has 0 saturated carbocycles. The van der Waals surface area contributed by atoms with E-state index in [2.05, 4.69) is 10.6 Å². The first-order chi connectivity index (χ1) is 11.2. The molecule has 132 valence electrons. The molecular formula is C17H27BN2O4. The topological polar surface area (TPSA) is 68.8 Å². The van der Waals surface area contributed by atoms with Crippen molar-refractivity contribution in [1.29, 1.82) is 0 Å². The molecule has 0 aliphatic carbocycles. The summed E-state index contributed by atoms with van der Waals surface area (Å²) in [4.78, 5) is 11.0. The predicted molar refractivity (Wildman–Crippen MR) is 94.7 cm³/mol. The lowest BCUT2D eigenvalue weighted by molar-refractivity contribution is 0.00578. The van der Waals surface area contributed by atoms with Gasteiger partial charge in [-0.15, -0.1) is 0 Å². The SMILES string of the molecule is CNC(=O)NCCCOc1ccc(B2OC(C)(C)C(C)(C)O2)cc1. The van der Waals surface area contributed by atoms with Crippen molar-refractivity contribution in [3.63, 3.8) is 0 Å². The highest BCUT2D eigenvalue weighted by Crippen LogP contribution is 2.36. The van der Waals surface area contributed by atoms with Crippen LogP contribution in [0.5, 0.6) is 5.75 Å². The van der Waals surface area contributed by atoms with Gasteiger partial charge < -0.3 is 24.7 Å². The van der Waals surface area contributed by atoms with Crippen LogP contribution in [0.25, 0.3) is 0 Å². The summed E-state index contributed by atoms with van der Waals surface area (Å²) in [7, 11) is 1.23. The number of urea groups is 1. The zero-order valence-electron chi connectivity index (χ0n) is 15.1. The van der Waals surface area contributed by atoms with Crippen LogP contribution < -0.4 is 20.8 Å². The quantitative estimate of drug-likeness (QED) is 0.614. The first kappa shape index (κ1) is 18.6. The van der Waals surface area contributed by atoms with Crippen LogP contribution in [-0.2, 0) is 9.31 Å². The van der Waals surface area contributed by atoms with Crippen LogP contribution in [0.1, 0.15) is 34.1 Å². The van der Waals surface area contributed by atoms with Gasteiger partial charge in [-0.3, -0.25) is 0 Å². The molecule has 2 rings (SSSR count). The Bertz CT molecular complexity index is 544. The van der Waals surface area contributed by atoms with E-state index >= 15 is 0 Å². The Morgan fingerprint density at radius 2 is 1.71 bits per heavy atom. The zero-order chi connectivity index (χ0) is 17.8. The highest BCUT2D eigenvalue weighted by molar-refractivity contribution is 6.62. The van der Waals surface area contributed by atoms with E-state index in [4.69, 9.17) is 14.0 Å². The molecule has 1 fully saturated rings. The fraction of sp³-hybridized carbons (Fsp3) is 0.588. The van der Waals surface area contributed by atoms with Gasteiger partial charge in [0.05, 0.1) is 17.8 Å². The zero-order valence-corrected chi connectivity index (χ0v) is 15.1. The smallest absolute Gasteiger partial charge is 0.494 e. The predicted octanol–water partition coefficient (Wildman–Crippen LogP) is 1.68. The maximum Gasteiger partial charge on any atom is 0.494 e.